The summed E-state index contributed by atoms with van der Waals surface area (Å²) in [5, 5.41) is 1.08. The summed E-state index contributed by atoms with van der Waals surface area (Å²) >= 11 is 1.53. The van der Waals surface area contributed by atoms with Crippen LogP contribution in [-0.2, 0) is 13.0 Å². The average molecular weight is 259 g/mol. The molecule has 2 aromatic rings. The Kier molecular flexibility index (Phi) is 3.28. The lowest BCUT2D eigenvalue weighted by atomic mass is 10.2. The maximum atomic E-state index is 4.62. The van der Waals surface area contributed by atoms with Crippen molar-refractivity contribution in [1.82, 2.24) is 9.36 Å². The van der Waals surface area contributed by atoms with Gasteiger partial charge >= 0.3 is 0 Å². The highest BCUT2D eigenvalue weighted by Crippen LogP contribution is 2.33. The van der Waals surface area contributed by atoms with Crippen LogP contribution in [0.3, 0.4) is 0 Å². The summed E-state index contributed by atoms with van der Waals surface area (Å²) in [4.78, 5) is 7.03. The smallest absolute Gasteiger partial charge is 0.205 e. The number of hydrogen-bond acceptors (Lipinski definition) is 4. The van der Waals surface area contributed by atoms with E-state index in [-0.39, 0.29) is 0 Å². The Morgan fingerprint density at radius 2 is 2.06 bits per heavy atom. The highest BCUT2D eigenvalue weighted by atomic mass is 32.1. The van der Waals surface area contributed by atoms with Crippen LogP contribution in [0.25, 0.3) is 0 Å². The number of hydrogen-bond donors (Lipinski definition) is 0. The molecule has 0 radical (unpaired) electrons. The lowest BCUT2D eigenvalue weighted by molar-refractivity contribution is 0.785. The number of nitrogens with zero attached hydrogens (tertiary/aromatic N) is 3. The van der Waals surface area contributed by atoms with Gasteiger partial charge in [-0.15, -0.1) is 0 Å². The maximum Gasteiger partial charge on any atom is 0.205 e. The van der Waals surface area contributed by atoms with Crippen molar-refractivity contribution >= 4 is 16.7 Å². The van der Waals surface area contributed by atoms with Gasteiger partial charge in [-0.1, -0.05) is 37.3 Å². The monoisotopic (exact) mass is 259 g/mol. The molecule has 0 saturated heterocycles. The molecule has 3 nitrogen and oxygen atoms in total. The predicted molar refractivity (Wildman–Crippen MR) is 74.9 cm³/mol. The standard InChI is InChI=1S/C14H17N3S/c1-2-13-15-14(18-16-13)17(12-8-9-12)10-11-6-4-3-5-7-11/h3-7,12H,2,8-10H2,1H3. The first kappa shape index (κ1) is 11.7. The molecule has 4 heteroatoms. The summed E-state index contributed by atoms with van der Waals surface area (Å²) in [5.74, 6) is 0.966. The second kappa shape index (κ2) is 5.06. The van der Waals surface area contributed by atoms with Crippen LogP contribution in [0.1, 0.15) is 31.2 Å². The van der Waals surface area contributed by atoms with Crippen LogP contribution in [0.5, 0.6) is 0 Å². The van der Waals surface area contributed by atoms with Crippen molar-refractivity contribution in [2.24, 2.45) is 0 Å². The third-order valence-electron chi connectivity index (χ3n) is 3.20. The van der Waals surface area contributed by atoms with Gasteiger partial charge in [0.05, 0.1) is 0 Å². The van der Waals surface area contributed by atoms with Crippen LogP contribution in [0.4, 0.5) is 5.13 Å². The Morgan fingerprint density at radius 1 is 1.28 bits per heavy atom. The molecular weight excluding hydrogens is 242 g/mol. The molecule has 94 valence electrons. The first-order valence-corrected chi connectivity index (χ1v) is 7.27. The zero-order valence-electron chi connectivity index (χ0n) is 10.5. The van der Waals surface area contributed by atoms with Crippen LogP contribution in [0, 0.1) is 0 Å². The Balaban J connectivity index is 1.80. The molecule has 0 spiro atoms. The first-order chi connectivity index (χ1) is 8.86. The van der Waals surface area contributed by atoms with E-state index in [1.165, 1.54) is 29.9 Å². The minimum absolute atomic E-state index is 0.669. The van der Waals surface area contributed by atoms with E-state index in [9.17, 15) is 0 Å². The molecule has 0 amide bonds. The fourth-order valence-corrected chi connectivity index (χ4v) is 2.85. The van der Waals surface area contributed by atoms with Gasteiger partial charge in [0, 0.05) is 30.5 Å². The lowest BCUT2D eigenvalue weighted by Crippen LogP contribution is -2.24. The number of benzene rings is 1. The van der Waals surface area contributed by atoms with E-state index in [0.29, 0.717) is 6.04 Å². The molecule has 3 rings (SSSR count). The first-order valence-electron chi connectivity index (χ1n) is 6.50. The van der Waals surface area contributed by atoms with E-state index in [4.69, 9.17) is 0 Å². The summed E-state index contributed by atoms with van der Waals surface area (Å²) in [7, 11) is 0. The van der Waals surface area contributed by atoms with E-state index in [0.717, 1.165) is 23.9 Å². The van der Waals surface area contributed by atoms with Crippen molar-refractivity contribution in [3.8, 4) is 0 Å². The fourth-order valence-electron chi connectivity index (χ4n) is 2.02. The molecule has 1 saturated carbocycles. The van der Waals surface area contributed by atoms with E-state index in [1.54, 1.807) is 0 Å². The highest BCUT2D eigenvalue weighted by molar-refractivity contribution is 7.09. The Morgan fingerprint density at radius 3 is 2.67 bits per heavy atom. The van der Waals surface area contributed by atoms with Gasteiger partial charge in [0.1, 0.15) is 5.82 Å². The minimum atomic E-state index is 0.669. The third kappa shape index (κ3) is 2.53. The molecule has 18 heavy (non-hydrogen) atoms. The van der Waals surface area contributed by atoms with Gasteiger partial charge in [0.2, 0.25) is 5.13 Å². The minimum Gasteiger partial charge on any atom is -0.340 e. The Hall–Kier alpha value is -1.42. The van der Waals surface area contributed by atoms with Crippen LogP contribution < -0.4 is 4.90 Å². The Labute approximate surface area is 112 Å². The van der Waals surface area contributed by atoms with E-state index in [1.807, 2.05) is 0 Å². The quantitative estimate of drug-likeness (QED) is 0.825. The molecule has 0 bridgehead atoms. The van der Waals surface area contributed by atoms with Crippen LogP contribution >= 0.6 is 11.5 Å². The molecule has 1 fully saturated rings. The molecule has 1 heterocycles. The molecule has 1 aromatic heterocycles. The summed E-state index contributed by atoms with van der Waals surface area (Å²) in [5.41, 5.74) is 1.35. The molecule has 0 unspecified atom stereocenters. The molecule has 1 aliphatic rings. The SMILES string of the molecule is CCc1nsc(N(Cc2ccccc2)C2CC2)n1. The number of aryl methyl sites for hydroxylation is 1. The van der Waals surface area contributed by atoms with Crippen molar-refractivity contribution < 1.29 is 0 Å². The second-order valence-electron chi connectivity index (χ2n) is 4.69. The molecule has 0 atom stereocenters. The van der Waals surface area contributed by atoms with Gasteiger partial charge in [0.25, 0.3) is 0 Å². The molecule has 1 aliphatic carbocycles. The van der Waals surface area contributed by atoms with E-state index >= 15 is 0 Å². The van der Waals surface area contributed by atoms with Crippen molar-refractivity contribution in [3.63, 3.8) is 0 Å². The lowest BCUT2D eigenvalue weighted by Gasteiger charge is -2.20. The van der Waals surface area contributed by atoms with Gasteiger partial charge < -0.3 is 4.90 Å². The van der Waals surface area contributed by atoms with Gasteiger partial charge in [-0.05, 0) is 18.4 Å². The number of aromatic nitrogens is 2. The molecule has 1 aromatic carbocycles. The summed E-state index contributed by atoms with van der Waals surface area (Å²) in [6.45, 7) is 3.05. The number of anilines is 1. The van der Waals surface area contributed by atoms with Gasteiger partial charge in [-0.2, -0.15) is 4.37 Å². The number of rotatable bonds is 5. The van der Waals surface area contributed by atoms with E-state index < -0.39 is 0 Å². The topological polar surface area (TPSA) is 29.0 Å². The second-order valence-corrected chi connectivity index (χ2v) is 5.42. The van der Waals surface area contributed by atoms with Crippen molar-refractivity contribution in [2.45, 2.75) is 38.8 Å². The van der Waals surface area contributed by atoms with Gasteiger partial charge in [-0.25, -0.2) is 4.98 Å². The zero-order chi connectivity index (χ0) is 12.4. The van der Waals surface area contributed by atoms with Crippen LogP contribution in [0.15, 0.2) is 30.3 Å². The molecule has 0 N–H and O–H groups in total. The fraction of sp³-hybridized carbons (Fsp3) is 0.429. The van der Waals surface area contributed by atoms with Crippen LogP contribution in [-0.4, -0.2) is 15.4 Å². The summed E-state index contributed by atoms with van der Waals surface area (Å²) in [6, 6.07) is 11.3. The zero-order valence-corrected chi connectivity index (χ0v) is 11.4. The van der Waals surface area contributed by atoms with Crippen molar-refractivity contribution in [3.05, 3.63) is 41.7 Å². The molecular formula is C14H17N3S. The largest absolute Gasteiger partial charge is 0.340 e. The highest BCUT2D eigenvalue weighted by Gasteiger charge is 2.31. The van der Waals surface area contributed by atoms with Gasteiger partial charge in [-0.3, -0.25) is 0 Å². The predicted octanol–water partition coefficient (Wildman–Crippen LogP) is 3.27. The van der Waals surface area contributed by atoms with Crippen LogP contribution in [0.2, 0.25) is 0 Å². The maximum absolute atomic E-state index is 4.62. The normalized spacial score (nSPS) is 14.7. The summed E-state index contributed by atoms with van der Waals surface area (Å²) < 4.78 is 4.40. The van der Waals surface area contributed by atoms with E-state index in [2.05, 4.69) is 51.5 Å². The Bertz CT molecular complexity index is 505. The van der Waals surface area contributed by atoms with Crippen molar-refractivity contribution in [1.29, 1.82) is 0 Å². The third-order valence-corrected chi connectivity index (χ3v) is 3.99. The van der Waals surface area contributed by atoms with Crippen molar-refractivity contribution in [2.75, 3.05) is 4.90 Å². The van der Waals surface area contributed by atoms with Gasteiger partial charge in [0.15, 0.2) is 0 Å². The molecule has 0 aliphatic heterocycles. The summed E-state index contributed by atoms with van der Waals surface area (Å²) in [6.07, 6.45) is 3.49. The average Bonchev–Trinajstić information content (AvgIpc) is 3.14.